The van der Waals surface area contributed by atoms with Gasteiger partial charge in [-0.3, -0.25) is 0 Å². The van der Waals surface area contributed by atoms with Crippen LogP contribution >= 0.6 is 0 Å². The monoisotopic (exact) mass is 423 g/mol. The molecule has 30 heavy (non-hydrogen) atoms. The molecule has 0 heterocycles. The first-order valence-electron chi connectivity index (χ1n) is 10.1. The maximum atomic E-state index is 12.5. The zero-order valence-electron chi connectivity index (χ0n) is 18.1. The minimum absolute atomic E-state index is 0.156. The Labute approximate surface area is 177 Å². The number of nitrogens with zero attached hydrogens (tertiary/aromatic N) is 1. The molecule has 0 aromatic heterocycles. The molecule has 8 nitrogen and oxygen atoms in total. The van der Waals surface area contributed by atoms with Crippen LogP contribution in [0.15, 0.2) is 30.3 Å². The normalized spacial score (nSPS) is 22.5. The number of esters is 1. The molecule has 2 rings (SSSR count). The summed E-state index contributed by atoms with van der Waals surface area (Å²) in [6.07, 6.45) is 0.857. The van der Waals surface area contributed by atoms with Crippen molar-refractivity contribution in [3.8, 4) is 0 Å². The molecule has 3 atom stereocenters. The van der Waals surface area contributed by atoms with E-state index in [0.29, 0.717) is 18.4 Å². The molecule has 8 heteroatoms. The molecule has 3 unspecified atom stereocenters. The molecule has 1 fully saturated rings. The van der Waals surface area contributed by atoms with Gasteiger partial charge in [0.05, 0.1) is 11.7 Å². The van der Waals surface area contributed by atoms with Gasteiger partial charge in [0.1, 0.15) is 6.10 Å². The molecule has 0 aliphatic heterocycles. The Bertz CT molecular complexity index is 687. The summed E-state index contributed by atoms with van der Waals surface area (Å²) >= 11 is 0. The molecule has 1 aromatic carbocycles. The number of hydrogen-bond donors (Lipinski definition) is 3. The highest BCUT2D eigenvalue weighted by molar-refractivity contribution is 6.27. The number of aliphatic hydroxyl groups is 1. The molecular formula is C22H33NO7. The number of hydrogen-bond acceptors (Lipinski definition) is 6. The second-order valence-corrected chi connectivity index (χ2v) is 8.11. The molecule has 0 radical (unpaired) electrons. The van der Waals surface area contributed by atoms with Gasteiger partial charge in [-0.15, -0.1) is 0 Å². The van der Waals surface area contributed by atoms with Crippen LogP contribution in [0.25, 0.3) is 0 Å². The van der Waals surface area contributed by atoms with Crippen LogP contribution in [-0.2, 0) is 14.3 Å². The SMILES string of the molecule is CCN(CC)CC1CC(O)C(C)(C)CC1OC(=O)c1ccccc1.O=C(O)C(=O)O. The largest absolute Gasteiger partial charge is 0.473 e. The summed E-state index contributed by atoms with van der Waals surface area (Å²) in [5.41, 5.74) is 0.351. The number of aliphatic carboxylic acids is 2. The topological polar surface area (TPSA) is 124 Å². The van der Waals surface area contributed by atoms with Crippen molar-refractivity contribution >= 4 is 17.9 Å². The fraction of sp³-hybridized carbons (Fsp3) is 0.591. The number of carboxylic acid groups (broad SMARTS) is 2. The lowest BCUT2D eigenvalue weighted by molar-refractivity contribution is -0.159. The first-order valence-corrected chi connectivity index (χ1v) is 10.1. The lowest BCUT2D eigenvalue weighted by Gasteiger charge is -2.44. The van der Waals surface area contributed by atoms with Crippen LogP contribution in [0.2, 0.25) is 0 Å². The van der Waals surface area contributed by atoms with Crippen LogP contribution < -0.4 is 0 Å². The van der Waals surface area contributed by atoms with Crippen LogP contribution in [0, 0.1) is 11.3 Å². The number of carbonyl (C=O) groups is 3. The summed E-state index contributed by atoms with van der Waals surface area (Å²) in [4.78, 5) is 33.0. The van der Waals surface area contributed by atoms with Gasteiger partial charge in [-0.25, -0.2) is 14.4 Å². The summed E-state index contributed by atoms with van der Waals surface area (Å²) in [6.45, 7) is 11.2. The van der Waals surface area contributed by atoms with Gasteiger partial charge < -0.3 is 25.0 Å². The van der Waals surface area contributed by atoms with Gasteiger partial charge in [-0.05, 0) is 43.5 Å². The van der Waals surface area contributed by atoms with E-state index < -0.39 is 11.9 Å². The van der Waals surface area contributed by atoms with Gasteiger partial charge in [-0.2, -0.15) is 0 Å². The van der Waals surface area contributed by atoms with Crippen LogP contribution in [0.1, 0.15) is 50.9 Å². The summed E-state index contributed by atoms with van der Waals surface area (Å²) in [7, 11) is 0. The van der Waals surface area contributed by atoms with Crippen molar-refractivity contribution in [1.29, 1.82) is 0 Å². The second-order valence-electron chi connectivity index (χ2n) is 8.11. The summed E-state index contributed by atoms with van der Waals surface area (Å²) < 4.78 is 5.89. The average molecular weight is 424 g/mol. The third kappa shape index (κ3) is 7.76. The predicted octanol–water partition coefficient (Wildman–Crippen LogP) is 2.51. The summed E-state index contributed by atoms with van der Waals surface area (Å²) in [6, 6.07) is 9.15. The number of carbonyl (C=O) groups excluding carboxylic acids is 1. The van der Waals surface area contributed by atoms with E-state index in [1.54, 1.807) is 12.1 Å². The van der Waals surface area contributed by atoms with Gasteiger partial charge in [0, 0.05) is 12.5 Å². The Morgan fingerprint density at radius 3 is 2.07 bits per heavy atom. The van der Waals surface area contributed by atoms with E-state index in [9.17, 15) is 9.90 Å². The molecule has 0 saturated heterocycles. The Balaban J connectivity index is 0.000000656. The number of ether oxygens (including phenoxy) is 1. The maximum Gasteiger partial charge on any atom is 0.414 e. The highest BCUT2D eigenvalue weighted by Gasteiger charge is 2.43. The van der Waals surface area contributed by atoms with E-state index in [2.05, 4.69) is 32.6 Å². The lowest BCUT2D eigenvalue weighted by atomic mass is 9.69. The lowest BCUT2D eigenvalue weighted by Crippen LogP contribution is -2.49. The molecule has 3 N–H and O–H groups in total. The van der Waals surface area contributed by atoms with Crippen molar-refractivity contribution in [2.45, 2.75) is 52.7 Å². The number of carboxylic acids is 2. The van der Waals surface area contributed by atoms with Crippen molar-refractivity contribution in [1.82, 2.24) is 4.90 Å². The van der Waals surface area contributed by atoms with Gasteiger partial charge in [-0.1, -0.05) is 45.9 Å². The van der Waals surface area contributed by atoms with Gasteiger partial charge in [0.2, 0.25) is 0 Å². The van der Waals surface area contributed by atoms with Gasteiger partial charge in [0.25, 0.3) is 0 Å². The van der Waals surface area contributed by atoms with Crippen molar-refractivity contribution in [2.24, 2.45) is 11.3 Å². The Morgan fingerprint density at radius 2 is 1.60 bits per heavy atom. The number of rotatable bonds is 6. The average Bonchev–Trinajstić information content (AvgIpc) is 2.70. The Hall–Kier alpha value is -2.45. The Morgan fingerprint density at radius 1 is 1.07 bits per heavy atom. The number of aliphatic hydroxyl groups excluding tert-OH is 1. The quantitative estimate of drug-likeness (QED) is 0.471. The first kappa shape index (κ1) is 25.6. The molecule has 1 saturated carbocycles. The van der Waals surface area contributed by atoms with E-state index in [4.69, 9.17) is 24.5 Å². The highest BCUT2D eigenvalue weighted by Crippen LogP contribution is 2.40. The summed E-state index contributed by atoms with van der Waals surface area (Å²) in [5, 5.41) is 25.3. The summed E-state index contributed by atoms with van der Waals surface area (Å²) in [5.74, 6) is -3.75. The first-order chi connectivity index (χ1) is 14.0. The van der Waals surface area contributed by atoms with Crippen LogP contribution in [0.5, 0.6) is 0 Å². The predicted molar refractivity (Wildman–Crippen MR) is 111 cm³/mol. The van der Waals surface area contributed by atoms with Gasteiger partial charge >= 0.3 is 17.9 Å². The minimum Gasteiger partial charge on any atom is -0.473 e. The van der Waals surface area contributed by atoms with E-state index >= 15 is 0 Å². The smallest absolute Gasteiger partial charge is 0.414 e. The van der Waals surface area contributed by atoms with Crippen molar-refractivity contribution in [3.05, 3.63) is 35.9 Å². The van der Waals surface area contributed by atoms with Crippen molar-refractivity contribution < 1.29 is 34.4 Å². The molecule has 1 aliphatic carbocycles. The van der Waals surface area contributed by atoms with Crippen molar-refractivity contribution in [3.63, 3.8) is 0 Å². The van der Waals surface area contributed by atoms with Crippen LogP contribution in [-0.4, -0.2) is 70.0 Å². The molecule has 0 spiro atoms. The highest BCUT2D eigenvalue weighted by atomic mass is 16.5. The van der Waals surface area contributed by atoms with E-state index in [0.717, 1.165) is 19.6 Å². The molecular weight excluding hydrogens is 390 g/mol. The Kier molecular flexibility index (Phi) is 9.95. The third-order valence-corrected chi connectivity index (χ3v) is 5.52. The molecule has 0 bridgehead atoms. The second kappa shape index (κ2) is 11.7. The molecule has 168 valence electrons. The number of benzene rings is 1. The third-order valence-electron chi connectivity index (χ3n) is 5.52. The van der Waals surface area contributed by atoms with E-state index in [-0.39, 0.29) is 29.5 Å². The standard InChI is InChI=1S/C20H31NO3.C2H2O4/c1-5-21(6-2)14-16-12-18(22)20(3,4)13-17(16)24-19(23)15-10-8-7-9-11-15;3-1(4)2(5)6/h7-11,16-18,22H,5-6,12-14H2,1-4H3;(H,3,4)(H,5,6). The van der Waals surface area contributed by atoms with E-state index in [1.165, 1.54) is 0 Å². The van der Waals surface area contributed by atoms with E-state index in [1.807, 2.05) is 18.2 Å². The van der Waals surface area contributed by atoms with Crippen LogP contribution in [0.3, 0.4) is 0 Å². The molecule has 0 amide bonds. The molecule has 1 aromatic rings. The zero-order valence-corrected chi connectivity index (χ0v) is 18.1. The fourth-order valence-electron chi connectivity index (χ4n) is 3.50. The van der Waals surface area contributed by atoms with Crippen LogP contribution in [0.4, 0.5) is 0 Å². The fourth-order valence-corrected chi connectivity index (χ4v) is 3.50. The molecule has 1 aliphatic rings. The van der Waals surface area contributed by atoms with Crippen molar-refractivity contribution in [2.75, 3.05) is 19.6 Å². The maximum absolute atomic E-state index is 12.5. The van der Waals surface area contributed by atoms with Gasteiger partial charge in [0.15, 0.2) is 0 Å². The minimum atomic E-state index is -1.82. The zero-order chi connectivity index (χ0) is 22.9.